The molecule has 1 unspecified atom stereocenters. The van der Waals surface area contributed by atoms with Gasteiger partial charge in [0, 0.05) is 13.5 Å². The number of hydrogen-bond acceptors (Lipinski definition) is 2. The van der Waals surface area contributed by atoms with Gasteiger partial charge in [-0.15, -0.1) is 0 Å². The fourth-order valence-corrected chi connectivity index (χ4v) is 0.963. The van der Waals surface area contributed by atoms with Gasteiger partial charge >= 0.3 is 5.97 Å². The van der Waals surface area contributed by atoms with Crippen molar-refractivity contribution >= 4 is 11.9 Å². The van der Waals surface area contributed by atoms with Crippen LogP contribution in [0.5, 0.6) is 0 Å². The maximum atomic E-state index is 10.4. The Morgan fingerprint density at radius 2 is 2.00 bits per heavy atom. The van der Waals surface area contributed by atoms with Crippen LogP contribution < -0.4 is 5.32 Å². The molecule has 0 saturated heterocycles. The molecule has 0 radical (unpaired) electrons. The summed E-state index contributed by atoms with van der Waals surface area (Å²) < 4.78 is 0. The molecule has 1 atom stereocenters. The Bertz CT molecular complexity index is 180. The molecule has 0 heterocycles. The van der Waals surface area contributed by atoms with Crippen LogP contribution in [0.25, 0.3) is 0 Å². The molecule has 0 saturated carbocycles. The summed E-state index contributed by atoms with van der Waals surface area (Å²) in [5, 5.41) is 11.2. The number of rotatable bonds is 6. The van der Waals surface area contributed by atoms with Gasteiger partial charge in [-0.25, -0.2) is 0 Å². The third-order valence-corrected chi connectivity index (χ3v) is 1.86. The molecule has 2 N–H and O–H groups in total. The molecule has 0 aromatic carbocycles. The van der Waals surface area contributed by atoms with Gasteiger partial charge in [0.1, 0.15) is 0 Å². The number of carboxylic acid groups (broad SMARTS) is 1. The topological polar surface area (TPSA) is 66.4 Å². The minimum absolute atomic E-state index is 0.0358. The lowest BCUT2D eigenvalue weighted by Gasteiger charge is -2.05. The molecule has 1 amide bonds. The van der Waals surface area contributed by atoms with Crippen LogP contribution in [0.4, 0.5) is 0 Å². The van der Waals surface area contributed by atoms with Crippen molar-refractivity contribution in [2.75, 3.05) is 6.54 Å². The summed E-state index contributed by atoms with van der Waals surface area (Å²) in [6.07, 6.45) is 2.36. The molecular weight excluding hydrogens is 170 g/mol. The zero-order valence-electron chi connectivity index (χ0n) is 8.17. The highest BCUT2D eigenvalue weighted by Gasteiger charge is 2.09. The van der Waals surface area contributed by atoms with E-state index in [2.05, 4.69) is 5.32 Å². The first-order valence-electron chi connectivity index (χ1n) is 4.51. The summed E-state index contributed by atoms with van der Waals surface area (Å²) in [5.74, 6) is -1.07. The fraction of sp³-hybridized carbons (Fsp3) is 0.778. The number of hydrogen-bond donors (Lipinski definition) is 2. The van der Waals surface area contributed by atoms with E-state index in [9.17, 15) is 9.59 Å². The second-order valence-corrected chi connectivity index (χ2v) is 3.22. The molecule has 13 heavy (non-hydrogen) atoms. The highest BCUT2D eigenvalue weighted by molar-refractivity contribution is 5.72. The Morgan fingerprint density at radius 3 is 2.46 bits per heavy atom. The number of amides is 1. The van der Waals surface area contributed by atoms with Crippen molar-refractivity contribution < 1.29 is 14.7 Å². The average molecular weight is 187 g/mol. The third-order valence-electron chi connectivity index (χ3n) is 1.86. The van der Waals surface area contributed by atoms with E-state index in [0.717, 1.165) is 12.8 Å². The van der Waals surface area contributed by atoms with E-state index in [0.29, 0.717) is 13.0 Å². The van der Waals surface area contributed by atoms with Gasteiger partial charge in [0.25, 0.3) is 0 Å². The van der Waals surface area contributed by atoms with Crippen LogP contribution in [0.15, 0.2) is 0 Å². The van der Waals surface area contributed by atoms with Gasteiger partial charge in [0.15, 0.2) is 0 Å². The van der Waals surface area contributed by atoms with Crippen LogP contribution in [0.3, 0.4) is 0 Å². The van der Waals surface area contributed by atoms with Crippen molar-refractivity contribution in [3.63, 3.8) is 0 Å². The number of carbonyl (C=O) groups excluding carboxylic acids is 1. The molecule has 0 aromatic heterocycles. The smallest absolute Gasteiger partial charge is 0.306 e. The lowest BCUT2D eigenvalue weighted by molar-refractivity contribution is -0.141. The van der Waals surface area contributed by atoms with Crippen molar-refractivity contribution in [2.45, 2.75) is 33.1 Å². The summed E-state index contributed by atoms with van der Waals surface area (Å²) in [6, 6.07) is 0. The van der Waals surface area contributed by atoms with Gasteiger partial charge < -0.3 is 10.4 Å². The van der Waals surface area contributed by atoms with E-state index < -0.39 is 5.97 Å². The maximum absolute atomic E-state index is 10.4. The molecule has 0 aromatic rings. The zero-order chi connectivity index (χ0) is 10.3. The number of aliphatic carboxylic acids is 1. The van der Waals surface area contributed by atoms with Crippen molar-refractivity contribution in [2.24, 2.45) is 5.92 Å². The van der Waals surface area contributed by atoms with Gasteiger partial charge in [-0.3, -0.25) is 9.59 Å². The standard InChI is InChI=1S/C9H17NO3/c1-7(9(12)13)5-3-4-6-10-8(2)11/h7H,3-6H2,1-2H3,(H,10,11)(H,12,13). The molecule has 4 nitrogen and oxygen atoms in total. The molecule has 4 heteroatoms. The summed E-state index contributed by atoms with van der Waals surface area (Å²) in [7, 11) is 0. The van der Waals surface area contributed by atoms with Gasteiger partial charge in [-0.05, 0) is 12.8 Å². The first-order valence-corrected chi connectivity index (χ1v) is 4.51. The summed E-state index contributed by atoms with van der Waals surface area (Å²) >= 11 is 0. The van der Waals surface area contributed by atoms with Gasteiger partial charge in [0.2, 0.25) is 5.91 Å². The van der Waals surface area contributed by atoms with Crippen molar-refractivity contribution in [3.05, 3.63) is 0 Å². The van der Waals surface area contributed by atoms with E-state index in [1.165, 1.54) is 6.92 Å². The van der Waals surface area contributed by atoms with Crippen LogP contribution in [0.2, 0.25) is 0 Å². The van der Waals surface area contributed by atoms with Gasteiger partial charge in [-0.1, -0.05) is 13.3 Å². The first-order chi connectivity index (χ1) is 6.04. The first kappa shape index (κ1) is 11.9. The largest absolute Gasteiger partial charge is 0.481 e. The molecule has 0 spiro atoms. The fourth-order valence-electron chi connectivity index (χ4n) is 0.963. The Balaban J connectivity index is 3.26. The van der Waals surface area contributed by atoms with E-state index in [1.54, 1.807) is 6.92 Å². The van der Waals surface area contributed by atoms with E-state index in [1.807, 2.05) is 0 Å². The number of unbranched alkanes of at least 4 members (excludes halogenated alkanes) is 1. The predicted molar refractivity (Wildman–Crippen MR) is 49.3 cm³/mol. The zero-order valence-corrected chi connectivity index (χ0v) is 8.17. The van der Waals surface area contributed by atoms with E-state index in [-0.39, 0.29) is 11.8 Å². The molecule has 0 aliphatic carbocycles. The summed E-state index contributed by atoms with van der Waals surface area (Å²) in [6.45, 7) is 3.81. The maximum Gasteiger partial charge on any atom is 0.306 e. The van der Waals surface area contributed by atoms with Crippen LogP contribution in [0.1, 0.15) is 33.1 Å². The molecule has 0 rings (SSSR count). The number of carboxylic acids is 1. The number of carbonyl (C=O) groups is 2. The summed E-state index contributed by atoms with van der Waals surface area (Å²) in [4.78, 5) is 20.8. The average Bonchev–Trinajstić information content (AvgIpc) is 2.02. The second-order valence-electron chi connectivity index (χ2n) is 3.22. The highest BCUT2D eigenvalue weighted by Crippen LogP contribution is 2.06. The van der Waals surface area contributed by atoms with Gasteiger partial charge in [0.05, 0.1) is 5.92 Å². The Kier molecular flexibility index (Phi) is 5.93. The van der Waals surface area contributed by atoms with Crippen LogP contribution in [-0.2, 0) is 9.59 Å². The van der Waals surface area contributed by atoms with Crippen LogP contribution in [-0.4, -0.2) is 23.5 Å². The Hall–Kier alpha value is -1.06. The Labute approximate surface area is 78.3 Å². The lowest BCUT2D eigenvalue weighted by atomic mass is 10.0. The molecule has 0 bridgehead atoms. The van der Waals surface area contributed by atoms with Crippen molar-refractivity contribution in [1.82, 2.24) is 5.32 Å². The Morgan fingerprint density at radius 1 is 1.38 bits per heavy atom. The van der Waals surface area contributed by atoms with E-state index >= 15 is 0 Å². The van der Waals surface area contributed by atoms with E-state index in [4.69, 9.17) is 5.11 Å². The number of nitrogens with one attached hydrogen (secondary N) is 1. The normalized spacial score (nSPS) is 12.2. The molecule has 0 aliphatic heterocycles. The minimum atomic E-state index is -0.750. The second kappa shape index (κ2) is 6.46. The SMILES string of the molecule is CC(=O)NCCCCC(C)C(=O)O. The highest BCUT2D eigenvalue weighted by atomic mass is 16.4. The molecular formula is C9H17NO3. The lowest BCUT2D eigenvalue weighted by Crippen LogP contribution is -2.21. The third kappa shape index (κ3) is 7.31. The molecule has 0 aliphatic rings. The van der Waals surface area contributed by atoms with Crippen LogP contribution >= 0.6 is 0 Å². The molecule has 76 valence electrons. The quantitative estimate of drug-likeness (QED) is 0.610. The minimum Gasteiger partial charge on any atom is -0.481 e. The monoisotopic (exact) mass is 187 g/mol. The van der Waals surface area contributed by atoms with Gasteiger partial charge in [-0.2, -0.15) is 0 Å². The van der Waals surface area contributed by atoms with Crippen molar-refractivity contribution in [1.29, 1.82) is 0 Å². The molecule has 0 fully saturated rings. The predicted octanol–water partition coefficient (Wildman–Crippen LogP) is 1.01. The van der Waals surface area contributed by atoms with Crippen molar-refractivity contribution in [3.8, 4) is 0 Å². The summed E-state index contributed by atoms with van der Waals surface area (Å²) in [5.41, 5.74) is 0. The van der Waals surface area contributed by atoms with Crippen LogP contribution in [0, 0.1) is 5.92 Å².